The van der Waals surface area contributed by atoms with Crippen LogP contribution in [0.2, 0.25) is 0 Å². The summed E-state index contributed by atoms with van der Waals surface area (Å²) in [6.07, 6.45) is 1.02. The Balaban J connectivity index is 4.44. The maximum Gasteiger partial charge on any atom is 0.338 e. The maximum atomic E-state index is 11.7. The summed E-state index contributed by atoms with van der Waals surface area (Å²) in [5.41, 5.74) is -0.782. The van der Waals surface area contributed by atoms with E-state index in [0.29, 0.717) is 19.4 Å². The number of nitrogens with zero attached hydrogens (tertiary/aromatic N) is 1. The van der Waals surface area contributed by atoms with Crippen molar-refractivity contribution in [2.75, 3.05) is 13.2 Å². The Labute approximate surface area is 96.3 Å². The summed E-state index contributed by atoms with van der Waals surface area (Å²) in [5.74, 6) is -0.791. The Bertz CT molecular complexity index is 250. The van der Waals surface area contributed by atoms with Gasteiger partial charge in [-0.25, -0.2) is 4.79 Å². The van der Waals surface area contributed by atoms with Gasteiger partial charge < -0.3 is 9.94 Å². The number of carbonyl (C=O) groups excluding carboxylic acids is 2. The predicted octanol–water partition coefficient (Wildman–Crippen LogP) is 1.11. The average Bonchev–Trinajstić information content (AvgIpc) is 2.16. The SMILES string of the molecule is CCCN(OC(=O)C(C)(C)CCO)C(C)=O. The second-order valence-corrected chi connectivity index (χ2v) is 4.36. The fraction of sp³-hybridized carbons (Fsp3) is 0.818. The van der Waals surface area contributed by atoms with Gasteiger partial charge in [-0.3, -0.25) is 4.79 Å². The van der Waals surface area contributed by atoms with Crippen LogP contribution in [0.3, 0.4) is 0 Å². The van der Waals surface area contributed by atoms with Gasteiger partial charge in [0.25, 0.3) is 5.91 Å². The molecule has 1 amide bonds. The molecule has 1 N–H and O–H groups in total. The molecule has 0 aromatic carbocycles. The molecule has 0 heterocycles. The van der Waals surface area contributed by atoms with Crippen LogP contribution >= 0.6 is 0 Å². The predicted molar refractivity (Wildman–Crippen MR) is 59.3 cm³/mol. The monoisotopic (exact) mass is 231 g/mol. The zero-order chi connectivity index (χ0) is 12.8. The standard InChI is InChI=1S/C11H21NO4/c1-5-7-12(9(2)14)16-10(15)11(3,4)6-8-13/h13H,5-8H2,1-4H3. The van der Waals surface area contributed by atoms with Gasteiger partial charge in [-0.1, -0.05) is 6.92 Å². The van der Waals surface area contributed by atoms with E-state index < -0.39 is 11.4 Å². The molecule has 16 heavy (non-hydrogen) atoms. The Morgan fingerprint density at radius 3 is 2.31 bits per heavy atom. The van der Waals surface area contributed by atoms with Gasteiger partial charge in [0.05, 0.1) is 12.0 Å². The Kier molecular flexibility index (Phi) is 6.03. The average molecular weight is 231 g/mol. The van der Waals surface area contributed by atoms with Crippen LogP contribution < -0.4 is 0 Å². The van der Waals surface area contributed by atoms with Gasteiger partial charge in [0.1, 0.15) is 0 Å². The summed E-state index contributed by atoms with van der Waals surface area (Å²) in [6, 6.07) is 0. The molecule has 0 aromatic rings. The molecule has 0 aliphatic carbocycles. The topological polar surface area (TPSA) is 66.8 Å². The van der Waals surface area contributed by atoms with E-state index in [2.05, 4.69) is 0 Å². The van der Waals surface area contributed by atoms with Crippen LogP contribution in [-0.4, -0.2) is 35.2 Å². The van der Waals surface area contributed by atoms with Crippen LogP contribution in [0.1, 0.15) is 40.5 Å². The van der Waals surface area contributed by atoms with Crippen molar-refractivity contribution in [3.05, 3.63) is 0 Å². The molecule has 0 bridgehead atoms. The van der Waals surface area contributed by atoms with Crippen molar-refractivity contribution < 1.29 is 19.5 Å². The molecule has 5 heteroatoms. The highest BCUT2D eigenvalue weighted by molar-refractivity contribution is 5.79. The molecule has 0 rings (SSSR count). The molecule has 0 saturated heterocycles. The van der Waals surface area contributed by atoms with Gasteiger partial charge in [-0.05, 0) is 26.7 Å². The molecule has 0 saturated carbocycles. The highest BCUT2D eigenvalue weighted by atomic mass is 16.7. The second kappa shape index (κ2) is 6.48. The lowest BCUT2D eigenvalue weighted by Gasteiger charge is -2.26. The fourth-order valence-electron chi connectivity index (χ4n) is 1.08. The van der Waals surface area contributed by atoms with Gasteiger partial charge in [0.15, 0.2) is 0 Å². The first-order valence-electron chi connectivity index (χ1n) is 5.46. The van der Waals surface area contributed by atoms with Crippen molar-refractivity contribution in [1.82, 2.24) is 5.06 Å². The van der Waals surface area contributed by atoms with Crippen LogP contribution in [0, 0.1) is 5.41 Å². The number of rotatable bonds is 5. The van der Waals surface area contributed by atoms with Gasteiger partial charge in [-0.15, -0.1) is 0 Å². The molecule has 0 unspecified atom stereocenters. The van der Waals surface area contributed by atoms with E-state index in [1.807, 2.05) is 6.92 Å². The van der Waals surface area contributed by atoms with Crippen LogP contribution in [0.5, 0.6) is 0 Å². The first-order chi connectivity index (χ1) is 7.35. The molecule has 0 aliphatic heterocycles. The summed E-state index contributed by atoms with van der Waals surface area (Å²) >= 11 is 0. The van der Waals surface area contributed by atoms with E-state index in [1.54, 1.807) is 13.8 Å². The third kappa shape index (κ3) is 4.61. The fourth-order valence-corrected chi connectivity index (χ4v) is 1.08. The van der Waals surface area contributed by atoms with E-state index >= 15 is 0 Å². The lowest BCUT2D eigenvalue weighted by molar-refractivity contribution is -0.205. The smallest absolute Gasteiger partial charge is 0.338 e. The van der Waals surface area contributed by atoms with E-state index in [1.165, 1.54) is 6.92 Å². The summed E-state index contributed by atoms with van der Waals surface area (Å²) in [5, 5.41) is 9.87. The number of aliphatic hydroxyl groups is 1. The Hall–Kier alpha value is -1.10. The zero-order valence-electron chi connectivity index (χ0n) is 10.4. The largest absolute Gasteiger partial charge is 0.396 e. The number of amides is 1. The lowest BCUT2D eigenvalue weighted by atomic mass is 9.90. The van der Waals surface area contributed by atoms with E-state index in [0.717, 1.165) is 5.06 Å². The van der Waals surface area contributed by atoms with Crippen molar-refractivity contribution >= 4 is 11.9 Å². The van der Waals surface area contributed by atoms with Gasteiger partial charge in [0.2, 0.25) is 0 Å². The minimum absolute atomic E-state index is 0.0874. The molecule has 0 aliphatic rings. The molecule has 5 nitrogen and oxygen atoms in total. The van der Waals surface area contributed by atoms with E-state index in [-0.39, 0.29) is 12.5 Å². The van der Waals surface area contributed by atoms with Gasteiger partial charge in [-0.2, -0.15) is 5.06 Å². The summed E-state index contributed by atoms with van der Waals surface area (Å²) in [7, 11) is 0. The highest BCUT2D eigenvalue weighted by Gasteiger charge is 2.31. The van der Waals surface area contributed by atoms with Crippen LogP contribution in [0.15, 0.2) is 0 Å². The summed E-state index contributed by atoms with van der Waals surface area (Å²) in [6.45, 7) is 6.89. The second-order valence-electron chi connectivity index (χ2n) is 4.36. The van der Waals surface area contributed by atoms with Crippen molar-refractivity contribution in [3.63, 3.8) is 0 Å². The number of hydroxylamine groups is 2. The number of aliphatic hydroxyl groups excluding tert-OH is 1. The minimum Gasteiger partial charge on any atom is -0.396 e. The van der Waals surface area contributed by atoms with Gasteiger partial charge in [0, 0.05) is 13.5 Å². The zero-order valence-corrected chi connectivity index (χ0v) is 10.4. The highest BCUT2D eigenvalue weighted by Crippen LogP contribution is 2.22. The van der Waals surface area contributed by atoms with Crippen molar-refractivity contribution in [1.29, 1.82) is 0 Å². The molecular formula is C11H21NO4. The third-order valence-electron chi connectivity index (χ3n) is 2.26. The van der Waals surface area contributed by atoms with Crippen LogP contribution in [0.4, 0.5) is 0 Å². The molecule has 0 fully saturated rings. The number of hydrogen-bond donors (Lipinski definition) is 1. The molecule has 0 atom stereocenters. The minimum atomic E-state index is -0.782. The molecular weight excluding hydrogens is 210 g/mol. The van der Waals surface area contributed by atoms with Crippen LogP contribution in [0.25, 0.3) is 0 Å². The van der Waals surface area contributed by atoms with E-state index in [4.69, 9.17) is 9.94 Å². The third-order valence-corrected chi connectivity index (χ3v) is 2.26. The summed E-state index contributed by atoms with van der Waals surface area (Å²) in [4.78, 5) is 27.9. The Morgan fingerprint density at radius 2 is 1.94 bits per heavy atom. The van der Waals surface area contributed by atoms with Crippen LogP contribution in [-0.2, 0) is 14.4 Å². The molecule has 0 aromatic heterocycles. The number of hydrogen-bond acceptors (Lipinski definition) is 4. The lowest BCUT2D eigenvalue weighted by Crippen LogP contribution is -2.38. The summed E-state index contributed by atoms with van der Waals surface area (Å²) < 4.78 is 0. The number of carbonyl (C=O) groups is 2. The molecule has 0 spiro atoms. The van der Waals surface area contributed by atoms with E-state index in [9.17, 15) is 9.59 Å². The first-order valence-corrected chi connectivity index (χ1v) is 5.46. The van der Waals surface area contributed by atoms with Crippen molar-refractivity contribution in [2.24, 2.45) is 5.41 Å². The Morgan fingerprint density at radius 1 is 1.38 bits per heavy atom. The molecule has 94 valence electrons. The van der Waals surface area contributed by atoms with Crippen molar-refractivity contribution in [2.45, 2.75) is 40.5 Å². The quantitative estimate of drug-likeness (QED) is 0.720. The van der Waals surface area contributed by atoms with Gasteiger partial charge >= 0.3 is 5.97 Å². The maximum absolute atomic E-state index is 11.7. The molecule has 0 radical (unpaired) electrons. The first kappa shape index (κ1) is 14.9. The van der Waals surface area contributed by atoms with Crippen molar-refractivity contribution in [3.8, 4) is 0 Å². The normalized spacial score (nSPS) is 11.1.